The molecule has 1 unspecified atom stereocenters. The number of Topliss-reactive ketones (excluding diaryl/α,β-unsaturated/α-hetero) is 1. The van der Waals surface area contributed by atoms with Gasteiger partial charge in [0.15, 0.2) is 5.78 Å². The predicted octanol–water partition coefficient (Wildman–Crippen LogP) is 1.89. The first kappa shape index (κ1) is 13.5. The lowest BCUT2D eigenvalue weighted by atomic mass is 9.93. The topological polar surface area (TPSA) is 71.3 Å². The average Bonchev–Trinajstić information content (AvgIpc) is 3.32. The smallest absolute Gasteiger partial charge is 0.323 e. The lowest BCUT2D eigenvalue weighted by Gasteiger charge is -2.25. The highest BCUT2D eigenvalue weighted by atomic mass is 16.4. The second-order valence-electron chi connectivity index (χ2n) is 6.17. The van der Waals surface area contributed by atoms with Crippen LogP contribution < -0.4 is 5.32 Å². The molecule has 5 nitrogen and oxygen atoms in total. The molecule has 2 heterocycles. The van der Waals surface area contributed by atoms with Gasteiger partial charge in [0.1, 0.15) is 6.54 Å². The van der Waals surface area contributed by atoms with Crippen molar-refractivity contribution in [2.45, 2.75) is 31.8 Å². The van der Waals surface area contributed by atoms with Crippen LogP contribution >= 0.6 is 0 Å². The molecule has 2 aromatic rings. The normalized spacial score (nSPS) is 20.8. The van der Waals surface area contributed by atoms with Gasteiger partial charge in [-0.2, -0.15) is 0 Å². The van der Waals surface area contributed by atoms with Gasteiger partial charge in [-0.3, -0.25) is 9.59 Å². The molecule has 1 aliphatic carbocycles. The minimum atomic E-state index is -0.854. The summed E-state index contributed by atoms with van der Waals surface area (Å²) >= 11 is 0. The Morgan fingerprint density at radius 1 is 1.27 bits per heavy atom. The van der Waals surface area contributed by atoms with Gasteiger partial charge in [-0.05, 0) is 18.9 Å². The summed E-state index contributed by atoms with van der Waals surface area (Å²) in [5.41, 5.74) is 2.91. The van der Waals surface area contributed by atoms with Gasteiger partial charge in [0.05, 0.1) is 6.04 Å². The first-order valence-electron chi connectivity index (χ1n) is 7.75. The Hall–Kier alpha value is -2.14. The van der Waals surface area contributed by atoms with Crippen LogP contribution in [0.4, 0.5) is 0 Å². The number of aliphatic carboxylic acids is 1. The monoisotopic (exact) mass is 298 g/mol. The minimum Gasteiger partial charge on any atom is -0.480 e. The predicted molar refractivity (Wildman–Crippen MR) is 81.8 cm³/mol. The van der Waals surface area contributed by atoms with Gasteiger partial charge in [-0.1, -0.05) is 18.2 Å². The van der Waals surface area contributed by atoms with Crippen molar-refractivity contribution in [2.24, 2.45) is 5.92 Å². The third kappa shape index (κ3) is 2.04. The molecule has 0 amide bonds. The van der Waals surface area contributed by atoms with E-state index in [1.165, 1.54) is 0 Å². The fraction of sp³-hybridized carbons (Fsp3) is 0.412. The number of nitrogens with zero attached hydrogens (tertiary/aromatic N) is 1. The van der Waals surface area contributed by atoms with Crippen molar-refractivity contribution in [1.29, 1.82) is 0 Å². The highest BCUT2D eigenvalue weighted by Crippen LogP contribution is 2.40. The van der Waals surface area contributed by atoms with Crippen molar-refractivity contribution in [3.05, 3.63) is 35.5 Å². The van der Waals surface area contributed by atoms with Crippen LogP contribution in [0.5, 0.6) is 0 Å². The van der Waals surface area contributed by atoms with Crippen LogP contribution in [-0.4, -0.2) is 28.0 Å². The zero-order valence-electron chi connectivity index (χ0n) is 12.2. The Kier molecular flexibility index (Phi) is 3.04. The van der Waals surface area contributed by atoms with Gasteiger partial charge in [-0.25, -0.2) is 0 Å². The zero-order valence-corrected chi connectivity index (χ0v) is 12.2. The number of carboxylic acid groups (broad SMARTS) is 1. The summed E-state index contributed by atoms with van der Waals surface area (Å²) in [6, 6.07) is 7.51. The van der Waals surface area contributed by atoms with E-state index < -0.39 is 5.97 Å². The number of carboxylic acids is 1. The van der Waals surface area contributed by atoms with Crippen LogP contribution in [0.15, 0.2) is 24.3 Å². The molecule has 0 saturated heterocycles. The summed E-state index contributed by atoms with van der Waals surface area (Å²) in [4.78, 5) is 23.8. The molecule has 1 aromatic carbocycles. The Morgan fingerprint density at radius 2 is 2.05 bits per heavy atom. The molecule has 2 N–H and O–H groups in total. The number of ketones is 1. The maximum atomic E-state index is 12.6. The SMILES string of the molecule is O=C(O)Cn1c2c(c3ccccc31)C(C(=O)C1CC1)NCC2. The van der Waals surface area contributed by atoms with Gasteiger partial charge < -0.3 is 15.0 Å². The number of para-hydroxylation sites is 1. The second-order valence-corrected chi connectivity index (χ2v) is 6.17. The molecule has 2 aliphatic rings. The third-order valence-electron chi connectivity index (χ3n) is 4.68. The van der Waals surface area contributed by atoms with E-state index in [1.807, 2.05) is 28.8 Å². The van der Waals surface area contributed by atoms with Crippen molar-refractivity contribution in [3.63, 3.8) is 0 Å². The number of hydrogen-bond acceptors (Lipinski definition) is 3. The van der Waals surface area contributed by atoms with Crippen LogP contribution in [0, 0.1) is 5.92 Å². The maximum Gasteiger partial charge on any atom is 0.323 e. The number of hydrogen-bond donors (Lipinski definition) is 2. The highest BCUT2D eigenvalue weighted by molar-refractivity contribution is 5.96. The van der Waals surface area contributed by atoms with E-state index in [0.29, 0.717) is 6.54 Å². The molecule has 22 heavy (non-hydrogen) atoms. The van der Waals surface area contributed by atoms with Crippen LogP contribution in [0.2, 0.25) is 0 Å². The first-order valence-corrected chi connectivity index (χ1v) is 7.75. The molecule has 1 fully saturated rings. The molecule has 0 radical (unpaired) electrons. The Balaban J connectivity index is 1.91. The van der Waals surface area contributed by atoms with E-state index in [-0.39, 0.29) is 24.3 Å². The average molecular weight is 298 g/mol. The summed E-state index contributed by atoms with van der Waals surface area (Å²) in [6.45, 7) is 0.659. The molecule has 114 valence electrons. The Bertz CT molecular complexity index is 774. The van der Waals surface area contributed by atoms with E-state index in [4.69, 9.17) is 0 Å². The largest absolute Gasteiger partial charge is 0.480 e. The summed E-state index contributed by atoms with van der Waals surface area (Å²) < 4.78 is 1.86. The minimum absolute atomic E-state index is 0.0554. The molecular weight excluding hydrogens is 280 g/mol. The number of benzene rings is 1. The molecule has 1 saturated carbocycles. The van der Waals surface area contributed by atoms with E-state index in [2.05, 4.69) is 5.32 Å². The maximum absolute atomic E-state index is 12.6. The summed E-state index contributed by atoms with van der Waals surface area (Å²) in [7, 11) is 0. The van der Waals surface area contributed by atoms with E-state index in [9.17, 15) is 14.7 Å². The number of nitrogens with one attached hydrogen (secondary N) is 1. The van der Waals surface area contributed by atoms with Crippen molar-refractivity contribution in [2.75, 3.05) is 6.54 Å². The van der Waals surface area contributed by atoms with E-state index >= 15 is 0 Å². The van der Waals surface area contributed by atoms with Crippen LogP contribution in [0.1, 0.15) is 30.1 Å². The summed E-state index contributed by atoms with van der Waals surface area (Å²) in [6.07, 6.45) is 2.73. The molecular formula is C17H18N2O3. The zero-order chi connectivity index (χ0) is 15.3. The number of aromatic nitrogens is 1. The van der Waals surface area contributed by atoms with Gasteiger partial charge in [0.2, 0.25) is 0 Å². The standard InChI is InChI=1S/C17H18N2O3/c20-14(21)9-19-12-4-2-1-3-11(12)15-13(19)7-8-18-16(15)17(22)10-5-6-10/h1-4,10,16,18H,5-9H2,(H,20,21). The first-order chi connectivity index (χ1) is 10.7. The molecule has 0 spiro atoms. The van der Waals surface area contributed by atoms with Crippen molar-refractivity contribution in [3.8, 4) is 0 Å². The highest BCUT2D eigenvalue weighted by Gasteiger charge is 2.39. The number of rotatable bonds is 4. The lowest BCUT2D eigenvalue weighted by molar-refractivity contribution is -0.137. The van der Waals surface area contributed by atoms with Gasteiger partial charge >= 0.3 is 5.97 Å². The molecule has 0 bridgehead atoms. The van der Waals surface area contributed by atoms with Crippen LogP contribution in [-0.2, 0) is 22.6 Å². The fourth-order valence-corrected chi connectivity index (χ4v) is 3.57. The van der Waals surface area contributed by atoms with Crippen molar-refractivity contribution >= 4 is 22.7 Å². The number of carbonyl (C=O) groups is 2. The molecule has 4 rings (SSSR count). The fourth-order valence-electron chi connectivity index (χ4n) is 3.57. The van der Waals surface area contributed by atoms with Gasteiger partial charge in [0, 0.05) is 41.0 Å². The lowest BCUT2D eigenvalue weighted by Crippen LogP contribution is -2.36. The van der Waals surface area contributed by atoms with Gasteiger partial charge in [0.25, 0.3) is 0 Å². The molecule has 1 aromatic heterocycles. The quantitative estimate of drug-likeness (QED) is 0.904. The van der Waals surface area contributed by atoms with Crippen molar-refractivity contribution in [1.82, 2.24) is 9.88 Å². The number of fused-ring (bicyclic) bond motifs is 3. The van der Waals surface area contributed by atoms with E-state index in [1.54, 1.807) is 0 Å². The molecule has 5 heteroatoms. The van der Waals surface area contributed by atoms with Crippen molar-refractivity contribution < 1.29 is 14.7 Å². The summed E-state index contributed by atoms with van der Waals surface area (Å²) in [5.74, 6) is -0.406. The van der Waals surface area contributed by atoms with Crippen LogP contribution in [0.3, 0.4) is 0 Å². The van der Waals surface area contributed by atoms with Crippen LogP contribution in [0.25, 0.3) is 10.9 Å². The second kappa shape index (κ2) is 4.95. The third-order valence-corrected chi connectivity index (χ3v) is 4.68. The molecule has 1 aliphatic heterocycles. The Morgan fingerprint density at radius 3 is 2.77 bits per heavy atom. The molecule has 1 atom stereocenters. The van der Waals surface area contributed by atoms with E-state index in [0.717, 1.165) is 41.4 Å². The van der Waals surface area contributed by atoms with Gasteiger partial charge in [-0.15, -0.1) is 0 Å². The summed E-state index contributed by atoms with van der Waals surface area (Å²) in [5, 5.41) is 13.6. The Labute approximate surface area is 127 Å². The number of carbonyl (C=O) groups excluding carboxylic acids is 1.